The molecule has 1 heterocycles. The smallest absolute Gasteiger partial charge is 0.279 e. The molecule has 0 saturated carbocycles. The molecule has 0 radical (unpaired) electrons. The summed E-state index contributed by atoms with van der Waals surface area (Å²) >= 11 is 5.05. The molecule has 8 heteroatoms. The lowest BCUT2D eigenvalue weighted by Gasteiger charge is -2.12. The number of amides is 1. The Labute approximate surface area is 169 Å². The van der Waals surface area contributed by atoms with Crippen molar-refractivity contribution in [3.8, 4) is 17.2 Å². The monoisotopic (exact) mass is 450 g/mol. The Kier molecular flexibility index (Phi) is 5.86. The molecule has 142 valence electrons. The quantitative estimate of drug-likeness (QED) is 0.582. The SMILES string of the molecule is CCn1c(=NC(=O)c2cc(OC)c(OC)c(OC)c2)sc2cccc(Br)c21. The largest absolute Gasteiger partial charge is 0.493 e. The van der Waals surface area contributed by atoms with Crippen LogP contribution in [0.15, 0.2) is 39.8 Å². The number of halogens is 1. The van der Waals surface area contributed by atoms with Gasteiger partial charge in [-0.1, -0.05) is 17.4 Å². The van der Waals surface area contributed by atoms with Gasteiger partial charge in [-0.3, -0.25) is 4.79 Å². The van der Waals surface area contributed by atoms with Crippen molar-refractivity contribution < 1.29 is 19.0 Å². The summed E-state index contributed by atoms with van der Waals surface area (Å²) in [7, 11) is 4.54. The van der Waals surface area contributed by atoms with E-state index >= 15 is 0 Å². The number of hydrogen-bond donors (Lipinski definition) is 0. The van der Waals surface area contributed by atoms with E-state index in [4.69, 9.17) is 14.2 Å². The molecule has 0 aliphatic carbocycles. The van der Waals surface area contributed by atoms with Crippen LogP contribution in [0.1, 0.15) is 17.3 Å². The van der Waals surface area contributed by atoms with Crippen molar-refractivity contribution in [2.24, 2.45) is 4.99 Å². The number of carbonyl (C=O) groups excluding carboxylic acids is 1. The number of para-hydroxylation sites is 1. The number of hydrogen-bond acceptors (Lipinski definition) is 5. The average Bonchev–Trinajstić information content (AvgIpc) is 3.04. The molecule has 0 bridgehead atoms. The van der Waals surface area contributed by atoms with E-state index in [-0.39, 0.29) is 5.91 Å². The first-order valence-corrected chi connectivity index (χ1v) is 9.81. The minimum Gasteiger partial charge on any atom is -0.493 e. The van der Waals surface area contributed by atoms with Gasteiger partial charge < -0.3 is 18.8 Å². The number of thiazole rings is 1. The number of nitrogens with zero attached hydrogens (tertiary/aromatic N) is 2. The van der Waals surface area contributed by atoms with Crippen LogP contribution in [-0.2, 0) is 6.54 Å². The van der Waals surface area contributed by atoms with E-state index in [2.05, 4.69) is 20.9 Å². The van der Waals surface area contributed by atoms with Gasteiger partial charge in [-0.2, -0.15) is 4.99 Å². The Balaban J connectivity index is 2.15. The summed E-state index contributed by atoms with van der Waals surface area (Å²) in [6, 6.07) is 9.17. The molecule has 6 nitrogen and oxygen atoms in total. The van der Waals surface area contributed by atoms with Crippen molar-refractivity contribution in [1.82, 2.24) is 4.57 Å². The molecule has 0 aliphatic rings. The third kappa shape index (κ3) is 3.59. The summed E-state index contributed by atoms with van der Waals surface area (Å²) in [5.41, 5.74) is 1.39. The summed E-state index contributed by atoms with van der Waals surface area (Å²) in [4.78, 5) is 17.8. The summed E-state index contributed by atoms with van der Waals surface area (Å²) < 4.78 is 20.0. The molecule has 0 atom stereocenters. The zero-order valence-electron chi connectivity index (χ0n) is 15.4. The van der Waals surface area contributed by atoms with Gasteiger partial charge in [-0.05, 0) is 47.1 Å². The molecular formula is C19H19BrN2O4S. The molecular weight excluding hydrogens is 432 g/mol. The number of aromatic nitrogens is 1. The van der Waals surface area contributed by atoms with E-state index in [1.807, 2.05) is 29.7 Å². The number of methoxy groups -OCH3 is 3. The highest BCUT2D eigenvalue weighted by molar-refractivity contribution is 9.10. The van der Waals surface area contributed by atoms with E-state index < -0.39 is 0 Å². The van der Waals surface area contributed by atoms with Crippen LogP contribution in [0, 0.1) is 0 Å². The van der Waals surface area contributed by atoms with Gasteiger partial charge in [0.1, 0.15) is 0 Å². The number of rotatable bonds is 5. The van der Waals surface area contributed by atoms with Crippen molar-refractivity contribution in [2.75, 3.05) is 21.3 Å². The molecule has 0 spiro atoms. The van der Waals surface area contributed by atoms with Crippen molar-refractivity contribution in [1.29, 1.82) is 0 Å². The Bertz CT molecular complexity index is 1050. The van der Waals surface area contributed by atoms with Crippen molar-refractivity contribution >= 4 is 43.4 Å². The lowest BCUT2D eigenvalue weighted by Crippen LogP contribution is -2.16. The summed E-state index contributed by atoms with van der Waals surface area (Å²) in [6.07, 6.45) is 0. The summed E-state index contributed by atoms with van der Waals surface area (Å²) in [6.45, 7) is 2.72. The minimum absolute atomic E-state index is 0.365. The zero-order valence-corrected chi connectivity index (χ0v) is 17.8. The Morgan fingerprint density at radius 3 is 2.37 bits per heavy atom. The van der Waals surface area contributed by atoms with E-state index in [0.29, 0.717) is 34.2 Å². The number of aryl methyl sites for hydroxylation is 1. The second-order valence-electron chi connectivity index (χ2n) is 5.55. The van der Waals surface area contributed by atoms with Gasteiger partial charge in [0, 0.05) is 16.6 Å². The van der Waals surface area contributed by atoms with Crippen molar-refractivity contribution in [2.45, 2.75) is 13.5 Å². The molecule has 0 unspecified atom stereocenters. The molecule has 2 aromatic carbocycles. The van der Waals surface area contributed by atoms with Crippen LogP contribution in [0.4, 0.5) is 0 Å². The van der Waals surface area contributed by atoms with E-state index in [9.17, 15) is 4.79 Å². The second kappa shape index (κ2) is 8.14. The molecule has 0 saturated heterocycles. The maximum atomic E-state index is 12.8. The predicted octanol–water partition coefficient (Wildman–Crippen LogP) is 4.25. The van der Waals surface area contributed by atoms with Gasteiger partial charge in [0.15, 0.2) is 16.3 Å². The average molecular weight is 451 g/mol. The molecule has 0 aliphatic heterocycles. The standard InChI is InChI=1S/C19H19BrN2O4S/c1-5-22-16-12(20)7-6-8-15(16)27-19(22)21-18(23)11-9-13(24-2)17(26-4)14(10-11)25-3/h6-10H,5H2,1-4H3. The lowest BCUT2D eigenvalue weighted by atomic mass is 10.1. The van der Waals surface area contributed by atoms with Crippen LogP contribution in [0.2, 0.25) is 0 Å². The first-order valence-electron chi connectivity index (χ1n) is 8.20. The highest BCUT2D eigenvalue weighted by Crippen LogP contribution is 2.38. The van der Waals surface area contributed by atoms with Gasteiger partial charge >= 0.3 is 0 Å². The van der Waals surface area contributed by atoms with Gasteiger partial charge in [-0.25, -0.2) is 0 Å². The first-order chi connectivity index (χ1) is 13.0. The maximum Gasteiger partial charge on any atom is 0.279 e. The molecule has 1 amide bonds. The first kappa shape index (κ1) is 19.4. The maximum absolute atomic E-state index is 12.8. The predicted molar refractivity (Wildman–Crippen MR) is 109 cm³/mol. The Morgan fingerprint density at radius 2 is 1.81 bits per heavy atom. The van der Waals surface area contributed by atoms with Crippen LogP contribution < -0.4 is 19.0 Å². The van der Waals surface area contributed by atoms with Crippen LogP contribution in [0.25, 0.3) is 10.2 Å². The van der Waals surface area contributed by atoms with Crippen LogP contribution in [-0.4, -0.2) is 31.8 Å². The Hall–Kier alpha value is -2.32. The summed E-state index contributed by atoms with van der Waals surface area (Å²) in [5.74, 6) is 0.890. The molecule has 0 N–H and O–H groups in total. The third-order valence-electron chi connectivity index (χ3n) is 4.08. The van der Waals surface area contributed by atoms with Crippen LogP contribution in [0.5, 0.6) is 17.2 Å². The minimum atomic E-state index is -0.376. The normalized spacial score (nSPS) is 11.7. The molecule has 3 rings (SSSR count). The van der Waals surface area contributed by atoms with Gasteiger partial charge in [0.25, 0.3) is 5.91 Å². The topological polar surface area (TPSA) is 62.1 Å². The molecule has 27 heavy (non-hydrogen) atoms. The van der Waals surface area contributed by atoms with E-state index in [1.165, 1.54) is 32.7 Å². The third-order valence-corrected chi connectivity index (χ3v) is 5.76. The van der Waals surface area contributed by atoms with Gasteiger partial charge in [0.05, 0.1) is 31.5 Å². The van der Waals surface area contributed by atoms with Crippen LogP contribution >= 0.6 is 27.3 Å². The van der Waals surface area contributed by atoms with Crippen molar-refractivity contribution in [3.05, 3.63) is 45.2 Å². The molecule has 0 fully saturated rings. The fourth-order valence-corrected chi connectivity index (χ4v) is 4.65. The van der Waals surface area contributed by atoms with Crippen molar-refractivity contribution in [3.63, 3.8) is 0 Å². The number of ether oxygens (including phenoxy) is 3. The molecule has 3 aromatic rings. The van der Waals surface area contributed by atoms with Crippen LogP contribution in [0.3, 0.4) is 0 Å². The highest BCUT2D eigenvalue weighted by Gasteiger charge is 2.17. The second-order valence-corrected chi connectivity index (χ2v) is 7.41. The number of fused-ring (bicyclic) bond motifs is 1. The zero-order chi connectivity index (χ0) is 19.6. The lowest BCUT2D eigenvalue weighted by molar-refractivity contribution is 0.0997. The number of carbonyl (C=O) groups is 1. The highest BCUT2D eigenvalue weighted by atomic mass is 79.9. The fraction of sp³-hybridized carbons (Fsp3) is 0.263. The fourth-order valence-electron chi connectivity index (χ4n) is 2.82. The number of benzene rings is 2. The van der Waals surface area contributed by atoms with E-state index in [1.54, 1.807) is 12.1 Å². The Morgan fingerprint density at radius 1 is 1.15 bits per heavy atom. The summed E-state index contributed by atoms with van der Waals surface area (Å²) in [5, 5.41) is 0. The van der Waals surface area contributed by atoms with Gasteiger partial charge in [-0.15, -0.1) is 0 Å². The molecule has 1 aromatic heterocycles. The van der Waals surface area contributed by atoms with Gasteiger partial charge in [0.2, 0.25) is 5.75 Å². The van der Waals surface area contributed by atoms with E-state index in [0.717, 1.165) is 14.7 Å².